The van der Waals surface area contributed by atoms with Gasteiger partial charge in [0.25, 0.3) is 0 Å². The molecule has 2 aromatic rings. The van der Waals surface area contributed by atoms with Crippen molar-refractivity contribution < 1.29 is 58.9 Å². The molecular weight excluding hydrogens is 551 g/mol. The number of benzene rings is 2. The molecule has 6 nitrogen and oxygen atoms in total. The lowest BCUT2D eigenvalue weighted by Gasteiger charge is -2.38. The SMILES string of the molecule is CC1=CC(CC(CNC[C@H](O)C(F)(F)F)(c2cccc(OC(F)(F)F)c2)c2cccc(OC(F)(F)F)c2)NO1. The van der Waals surface area contributed by atoms with Crippen LogP contribution in [0.15, 0.2) is 60.4 Å². The topological polar surface area (TPSA) is 72.0 Å². The molecule has 2 atom stereocenters. The lowest BCUT2D eigenvalue weighted by Crippen LogP contribution is -2.47. The second kappa shape index (κ2) is 11.5. The average Bonchev–Trinajstić information content (AvgIpc) is 3.20. The molecule has 1 aliphatic rings. The molecule has 0 saturated heterocycles. The molecule has 15 heteroatoms. The van der Waals surface area contributed by atoms with Crippen molar-refractivity contribution in [3.8, 4) is 11.5 Å². The summed E-state index contributed by atoms with van der Waals surface area (Å²) in [6.07, 6.45) is -16.4. The minimum absolute atomic E-state index is 0.0576. The van der Waals surface area contributed by atoms with Crippen molar-refractivity contribution >= 4 is 0 Å². The highest BCUT2D eigenvalue weighted by Crippen LogP contribution is 2.41. The molecule has 0 spiro atoms. The summed E-state index contributed by atoms with van der Waals surface area (Å²) < 4.78 is 125. The minimum atomic E-state index is -5.07. The van der Waals surface area contributed by atoms with Gasteiger partial charge in [-0.25, -0.2) is 0 Å². The van der Waals surface area contributed by atoms with Gasteiger partial charge in [0.05, 0.1) is 6.04 Å². The monoisotopic (exact) mass is 574 g/mol. The van der Waals surface area contributed by atoms with Gasteiger partial charge in [-0.1, -0.05) is 24.3 Å². The molecule has 1 unspecified atom stereocenters. The van der Waals surface area contributed by atoms with Crippen molar-refractivity contribution in [1.29, 1.82) is 0 Å². The van der Waals surface area contributed by atoms with E-state index in [4.69, 9.17) is 4.84 Å². The Balaban J connectivity index is 2.15. The first-order valence-electron chi connectivity index (χ1n) is 11.3. The van der Waals surface area contributed by atoms with Crippen LogP contribution < -0.4 is 20.3 Å². The second-order valence-corrected chi connectivity index (χ2v) is 8.73. The summed E-state index contributed by atoms with van der Waals surface area (Å²) in [5.41, 5.74) is 1.18. The molecule has 0 amide bonds. The molecular formula is C24H23F9N2O4. The van der Waals surface area contributed by atoms with E-state index in [0.717, 1.165) is 24.3 Å². The van der Waals surface area contributed by atoms with Gasteiger partial charge in [0.1, 0.15) is 17.3 Å². The first kappa shape index (κ1) is 30.4. The molecule has 0 fully saturated rings. The van der Waals surface area contributed by atoms with Crippen LogP contribution in [-0.4, -0.2) is 49.2 Å². The fourth-order valence-electron chi connectivity index (χ4n) is 4.19. The van der Waals surface area contributed by atoms with Crippen molar-refractivity contribution in [3.63, 3.8) is 0 Å². The number of hydroxylamine groups is 1. The van der Waals surface area contributed by atoms with Crippen molar-refractivity contribution in [2.24, 2.45) is 0 Å². The summed E-state index contributed by atoms with van der Waals surface area (Å²) in [5, 5.41) is 11.9. The fourth-order valence-corrected chi connectivity index (χ4v) is 4.19. The van der Waals surface area contributed by atoms with Crippen molar-refractivity contribution in [2.75, 3.05) is 13.1 Å². The van der Waals surface area contributed by atoms with E-state index in [0.29, 0.717) is 5.76 Å². The van der Waals surface area contributed by atoms with E-state index in [9.17, 15) is 44.6 Å². The van der Waals surface area contributed by atoms with Gasteiger partial charge in [-0.05, 0) is 54.8 Å². The van der Waals surface area contributed by atoms with Gasteiger partial charge in [-0.15, -0.1) is 26.3 Å². The van der Waals surface area contributed by atoms with Crippen LogP contribution in [0.2, 0.25) is 0 Å². The van der Waals surface area contributed by atoms with Crippen LogP contribution in [0.4, 0.5) is 39.5 Å². The van der Waals surface area contributed by atoms with E-state index in [-0.39, 0.29) is 17.5 Å². The molecule has 0 radical (unpaired) electrons. The van der Waals surface area contributed by atoms with E-state index in [1.807, 2.05) is 0 Å². The zero-order valence-electron chi connectivity index (χ0n) is 20.0. The zero-order chi connectivity index (χ0) is 29.1. The largest absolute Gasteiger partial charge is 0.573 e. The first-order valence-corrected chi connectivity index (χ1v) is 11.3. The Morgan fingerprint density at radius 2 is 1.41 bits per heavy atom. The van der Waals surface area contributed by atoms with Gasteiger partial charge in [-0.3, -0.25) is 0 Å². The third-order valence-electron chi connectivity index (χ3n) is 5.76. The Bertz CT molecular complexity index is 1090. The van der Waals surface area contributed by atoms with Crippen LogP contribution >= 0.6 is 0 Å². The smallest absolute Gasteiger partial charge is 0.413 e. The molecule has 216 valence electrons. The van der Waals surface area contributed by atoms with Gasteiger partial charge < -0.3 is 24.7 Å². The molecule has 0 aromatic heterocycles. The Morgan fingerprint density at radius 3 is 1.82 bits per heavy atom. The highest BCUT2D eigenvalue weighted by molar-refractivity contribution is 5.46. The number of ether oxygens (including phenoxy) is 2. The zero-order valence-corrected chi connectivity index (χ0v) is 20.0. The van der Waals surface area contributed by atoms with Gasteiger partial charge in [0.2, 0.25) is 0 Å². The number of halogens is 9. The first-order chi connectivity index (χ1) is 18.0. The van der Waals surface area contributed by atoms with Crippen LogP contribution in [0, 0.1) is 0 Å². The molecule has 3 N–H and O–H groups in total. The van der Waals surface area contributed by atoms with Crippen molar-refractivity contribution in [2.45, 2.75) is 49.8 Å². The third kappa shape index (κ3) is 8.66. The van der Waals surface area contributed by atoms with Gasteiger partial charge in [0.15, 0.2) is 6.10 Å². The maximum absolute atomic E-state index is 13.0. The van der Waals surface area contributed by atoms with Gasteiger partial charge in [0, 0.05) is 18.5 Å². The Hall–Kier alpha value is -3.17. The number of allylic oxidation sites excluding steroid dienone is 1. The molecule has 3 rings (SSSR count). The number of alkyl halides is 9. The summed E-state index contributed by atoms with van der Waals surface area (Å²) in [6.45, 7) is 0.116. The second-order valence-electron chi connectivity index (χ2n) is 8.73. The average molecular weight is 574 g/mol. The lowest BCUT2D eigenvalue weighted by molar-refractivity contribution is -0.275. The maximum atomic E-state index is 13.0. The molecule has 1 heterocycles. The Kier molecular flexibility index (Phi) is 8.97. The van der Waals surface area contributed by atoms with Gasteiger partial charge in [-0.2, -0.15) is 18.7 Å². The predicted molar refractivity (Wildman–Crippen MR) is 118 cm³/mol. The maximum Gasteiger partial charge on any atom is 0.573 e. The molecule has 1 aliphatic heterocycles. The number of aliphatic hydroxyl groups is 1. The highest BCUT2D eigenvalue weighted by atomic mass is 19.4. The standard InChI is InChI=1S/C24H23F9N2O4/c1-14-8-17(35-39-14)11-21(13-34-12-20(36)22(25,26)27,15-4-2-6-18(9-15)37-23(28,29)30)16-5-3-7-19(10-16)38-24(31,32)33/h2-10,17,20,34-36H,11-13H2,1H3/t17?,20-/m0/s1. The number of hydrogen-bond donors (Lipinski definition) is 3. The molecule has 0 bridgehead atoms. The summed E-state index contributed by atoms with van der Waals surface area (Å²) in [4.78, 5) is 5.20. The molecule has 0 saturated carbocycles. The summed E-state index contributed by atoms with van der Waals surface area (Å²) in [5.74, 6) is -0.910. The van der Waals surface area contributed by atoms with Crippen LogP contribution in [0.1, 0.15) is 24.5 Å². The summed E-state index contributed by atoms with van der Waals surface area (Å²) in [6, 6.07) is 8.40. The Labute approximate surface area is 216 Å². The highest BCUT2D eigenvalue weighted by Gasteiger charge is 2.42. The molecule has 39 heavy (non-hydrogen) atoms. The normalized spacial score (nSPS) is 17.4. The van der Waals surface area contributed by atoms with E-state index in [2.05, 4.69) is 20.3 Å². The quantitative estimate of drug-likeness (QED) is 0.327. The number of aliphatic hydroxyl groups excluding tert-OH is 1. The predicted octanol–water partition coefficient (Wildman–Crippen LogP) is 5.48. The van der Waals surface area contributed by atoms with Gasteiger partial charge >= 0.3 is 18.9 Å². The van der Waals surface area contributed by atoms with E-state index >= 15 is 0 Å². The number of nitrogens with one attached hydrogen (secondary N) is 2. The number of hydrogen-bond acceptors (Lipinski definition) is 6. The van der Waals surface area contributed by atoms with Crippen LogP contribution in [0.25, 0.3) is 0 Å². The molecule has 2 aromatic carbocycles. The Morgan fingerprint density at radius 1 is 0.897 bits per heavy atom. The van der Waals surface area contributed by atoms with E-state index < -0.39 is 61.1 Å². The van der Waals surface area contributed by atoms with Crippen LogP contribution in [-0.2, 0) is 10.3 Å². The minimum Gasteiger partial charge on any atom is -0.413 e. The van der Waals surface area contributed by atoms with Crippen molar-refractivity contribution in [1.82, 2.24) is 10.8 Å². The van der Waals surface area contributed by atoms with Crippen molar-refractivity contribution in [3.05, 3.63) is 71.5 Å². The molecule has 0 aliphatic carbocycles. The lowest BCUT2D eigenvalue weighted by atomic mass is 9.70. The van der Waals surface area contributed by atoms with E-state index in [1.165, 1.54) is 24.3 Å². The van der Waals surface area contributed by atoms with Crippen LogP contribution in [0.3, 0.4) is 0 Å². The summed E-state index contributed by atoms with van der Waals surface area (Å²) in [7, 11) is 0. The van der Waals surface area contributed by atoms with Crippen LogP contribution in [0.5, 0.6) is 11.5 Å². The summed E-state index contributed by atoms with van der Waals surface area (Å²) >= 11 is 0. The van der Waals surface area contributed by atoms with E-state index in [1.54, 1.807) is 13.0 Å². The fraction of sp³-hybridized carbons (Fsp3) is 0.417. The third-order valence-corrected chi connectivity index (χ3v) is 5.76. The number of rotatable bonds is 10.